The molecule has 37 heavy (non-hydrogen) atoms. The first-order valence-corrected chi connectivity index (χ1v) is 13.2. The van der Waals surface area contributed by atoms with Gasteiger partial charge in [0, 0.05) is 24.5 Å². The minimum Gasteiger partial charge on any atom is -0.497 e. The van der Waals surface area contributed by atoms with Gasteiger partial charge in [0.1, 0.15) is 11.9 Å². The number of benzene rings is 2. The number of aliphatic hydroxyl groups is 1. The van der Waals surface area contributed by atoms with Crippen LogP contribution in [0.15, 0.2) is 60.8 Å². The van der Waals surface area contributed by atoms with E-state index in [0.717, 1.165) is 48.8 Å². The van der Waals surface area contributed by atoms with Gasteiger partial charge in [0.2, 0.25) is 0 Å². The number of hydrogen-bond acceptors (Lipinski definition) is 5. The third-order valence-electron chi connectivity index (χ3n) is 7.66. The van der Waals surface area contributed by atoms with Crippen molar-refractivity contribution in [3.05, 3.63) is 71.9 Å². The summed E-state index contributed by atoms with van der Waals surface area (Å²) < 4.78 is 19.9. The lowest BCUT2D eigenvalue weighted by atomic mass is 9.79. The first-order chi connectivity index (χ1) is 17.9. The van der Waals surface area contributed by atoms with E-state index in [-0.39, 0.29) is 18.3 Å². The molecule has 4 atom stereocenters. The van der Waals surface area contributed by atoms with Crippen molar-refractivity contribution in [2.45, 2.75) is 50.8 Å². The molecule has 0 bridgehead atoms. The number of alkyl halides is 1. The fourth-order valence-electron chi connectivity index (χ4n) is 5.61. The number of carbonyl (C=O) groups is 1. The molecule has 0 aliphatic carbocycles. The molecular weight excluding hydrogens is 471 g/mol. The molecule has 0 saturated carbocycles. The van der Waals surface area contributed by atoms with Gasteiger partial charge in [-0.25, -0.2) is 4.39 Å². The van der Waals surface area contributed by atoms with E-state index in [0.29, 0.717) is 30.7 Å². The quantitative estimate of drug-likeness (QED) is 0.314. The molecule has 1 aliphatic rings. The number of aliphatic carboxylic acids is 1. The van der Waals surface area contributed by atoms with Gasteiger partial charge in [-0.2, -0.15) is 0 Å². The first kappa shape index (κ1) is 27.0. The van der Waals surface area contributed by atoms with E-state index in [1.54, 1.807) is 13.3 Å². The van der Waals surface area contributed by atoms with Crippen LogP contribution in [-0.4, -0.2) is 52.8 Å². The van der Waals surface area contributed by atoms with Crippen LogP contribution in [0, 0.1) is 11.8 Å². The molecule has 7 heteroatoms. The molecule has 198 valence electrons. The Morgan fingerprint density at radius 3 is 2.73 bits per heavy atom. The van der Waals surface area contributed by atoms with Crippen LogP contribution in [0.3, 0.4) is 0 Å². The van der Waals surface area contributed by atoms with Gasteiger partial charge in [-0.3, -0.25) is 9.78 Å². The third-order valence-corrected chi connectivity index (χ3v) is 7.66. The average Bonchev–Trinajstić information content (AvgIpc) is 2.91. The first-order valence-electron chi connectivity index (χ1n) is 13.2. The fourth-order valence-corrected chi connectivity index (χ4v) is 5.61. The standard InChI is InChI=1S/C30H37FN2O4/c1-37-24-10-11-28-26(19-24)25(13-15-32-28)29(34)12-9-21-14-17-33(20-23(21)18-30(35)36)16-5-8-27(31)22-6-3-2-4-7-22/h2-4,6-7,10-11,13,15,19,21,23,27,29,34H,5,8-9,12,14,16-18,20H2,1H3,(H,35,36)/t21-,23+,27?,29?/m1/s1. The van der Waals surface area contributed by atoms with Crippen molar-refractivity contribution in [2.24, 2.45) is 11.8 Å². The van der Waals surface area contributed by atoms with Crippen LogP contribution >= 0.6 is 0 Å². The van der Waals surface area contributed by atoms with Gasteiger partial charge in [0.25, 0.3) is 0 Å². The highest BCUT2D eigenvalue weighted by Gasteiger charge is 2.31. The largest absolute Gasteiger partial charge is 0.497 e. The van der Waals surface area contributed by atoms with Crippen molar-refractivity contribution < 1.29 is 24.1 Å². The lowest BCUT2D eigenvalue weighted by Crippen LogP contribution is -2.41. The Labute approximate surface area is 218 Å². The number of likely N-dealkylation sites (tertiary alicyclic amines) is 1. The van der Waals surface area contributed by atoms with Gasteiger partial charge in [-0.05, 0) is 92.4 Å². The van der Waals surface area contributed by atoms with Gasteiger partial charge >= 0.3 is 5.97 Å². The Bertz CT molecular complexity index is 1160. The number of piperidine rings is 1. The molecule has 1 fully saturated rings. The maximum Gasteiger partial charge on any atom is 0.303 e. The second-order valence-electron chi connectivity index (χ2n) is 10.1. The summed E-state index contributed by atoms with van der Waals surface area (Å²) in [5.74, 6) is 0.161. The second kappa shape index (κ2) is 13.0. The molecule has 2 N–H and O–H groups in total. The number of aromatic nitrogens is 1. The Balaban J connectivity index is 1.32. The van der Waals surface area contributed by atoms with Crippen LogP contribution < -0.4 is 4.74 Å². The molecular formula is C30H37FN2O4. The Hall–Kier alpha value is -3.03. The monoisotopic (exact) mass is 508 g/mol. The van der Waals surface area contributed by atoms with E-state index >= 15 is 0 Å². The minimum atomic E-state index is -0.973. The number of nitrogens with zero attached hydrogens (tertiary/aromatic N) is 2. The second-order valence-corrected chi connectivity index (χ2v) is 10.1. The predicted molar refractivity (Wildman–Crippen MR) is 142 cm³/mol. The summed E-state index contributed by atoms with van der Waals surface area (Å²) in [5.41, 5.74) is 2.33. The van der Waals surface area contributed by atoms with Crippen molar-refractivity contribution >= 4 is 16.9 Å². The van der Waals surface area contributed by atoms with Crippen molar-refractivity contribution in [2.75, 3.05) is 26.7 Å². The van der Waals surface area contributed by atoms with Crippen LogP contribution in [0.4, 0.5) is 4.39 Å². The molecule has 2 heterocycles. The molecule has 0 radical (unpaired) electrons. The fraction of sp³-hybridized carbons (Fsp3) is 0.467. The lowest BCUT2D eigenvalue weighted by Gasteiger charge is -2.38. The molecule has 3 aromatic rings. The highest BCUT2D eigenvalue weighted by Crippen LogP contribution is 2.35. The van der Waals surface area contributed by atoms with Crippen LogP contribution in [0.1, 0.15) is 61.9 Å². The molecule has 1 aromatic heterocycles. The topological polar surface area (TPSA) is 82.9 Å². The molecule has 0 amide bonds. The average molecular weight is 509 g/mol. The smallest absolute Gasteiger partial charge is 0.303 e. The highest BCUT2D eigenvalue weighted by molar-refractivity contribution is 5.83. The van der Waals surface area contributed by atoms with Crippen molar-refractivity contribution in [1.82, 2.24) is 9.88 Å². The Kier molecular flexibility index (Phi) is 9.47. The zero-order chi connectivity index (χ0) is 26.2. The lowest BCUT2D eigenvalue weighted by molar-refractivity contribution is -0.139. The normalized spacial score (nSPS) is 20.0. The molecule has 1 saturated heterocycles. The number of halogens is 1. The number of carboxylic acids is 1. The summed E-state index contributed by atoms with van der Waals surface area (Å²) in [6.07, 6.45) is 3.57. The maximum atomic E-state index is 14.5. The maximum absolute atomic E-state index is 14.5. The number of hydrogen-bond donors (Lipinski definition) is 2. The SMILES string of the molecule is COc1ccc2nccc(C(O)CC[C@@H]3CCN(CCCC(F)c4ccccc4)C[C@@H]3CC(=O)O)c2c1. The van der Waals surface area contributed by atoms with Gasteiger partial charge in [-0.15, -0.1) is 0 Å². The molecule has 0 spiro atoms. The van der Waals surface area contributed by atoms with Gasteiger partial charge in [0.15, 0.2) is 0 Å². The van der Waals surface area contributed by atoms with Gasteiger partial charge in [-0.1, -0.05) is 30.3 Å². The minimum absolute atomic E-state index is 0.0167. The number of rotatable bonds is 12. The molecule has 2 unspecified atom stereocenters. The van der Waals surface area contributed by atoms with Crippen molar-refractivity contribution in [1.29, 1.82) is 0 Å². The van der Waals surface area contributed by atoms with E-state index in [9.17, 15) is 19.4 Å². The van der Waals surface area contributed by atoms with E-state index in [4.69, 9.17) is 4.74 Å². The van der Waals surface area contributed by atoms with E-state index < -0.39 is 18.2 Å². The summed E-state index contributed by atoms with van der Waals surface area (Å²) in [6, 6.07) is 16.7. The number of fused-ring (bicyclic) bond motifs is 1. The number of pyridine rings is 1. The summed E-state index contributed by atoms with van der Waals surface area (Å²) in [4.78, 5) is 18.3. The zero-order valence-corrected chi connectivity index (χ0v) is 21.4. The summed E-state index contributed by atoms with van der Waals surface area (Å²) in [6.45, 7) is 2.34. The zero-order valence-electron chi connectivity index (χ0n) is 21.4. The summed E-state index contributed by atoms with van der Waals surface area (Å²) >= 11 is 0. The Morgan fingerprint density at radius 1 is 1.16 bits per heavy atom. The van der Waals surface area contributed by atoms with Crippen LogP contribution in [0.25, 0.3) is 10.9 Å². The highest BCUT2D eigenvalue weighted by atomic mass is 19.1. The number of aliphatic hydroxyl groups excluding tert-OH is 1. The van der Waals surface area contributed by atoms with E-state index in [1.165, 1.54) is 0 Å². The van der Waals surface area contributed by atoms with Crippen LogP contribution in [-0.2, 0) is 4.79 Å². The Morgan fingerprint density at radius 2 is 1.97 bits per heavy atom. The molecule has 6 nitrogen and oxygen atoms in total. The van der Waals surface area contributed by atoms with E-state index in [2.05, 4.69) is 9.88 Å². The molecule has 4 rings (SSSR count). The van der Waals surface area contributed by atoms with Crippen LogP contribution in [0.2, 0.25) is 0 Å². The van der Waals surface area contributed by atoms with Gasteiger partial charge < -0.3 is 19.8 Å². The summed E-state index contributed by atoms with van der Waals surface area (Å²) in [7, 11) is 1.61. The molecule has 1 aliphatic heterocycles. The van der Waals surface area contributed by atoms with Crippen molar-refractivity contribution in [3.8, 4) is 5.75 Å². The predicted octanol–water partition coefficient (Wildman–Crippen LogP) is 5.96. The van der Waals surface area contributed by atoms with Crippen molar-refractivity contribution in [3.63, 3.8) is 0 Å². The number of methoxy groups -OCH3 is 1. The van der Waals surface area contributed by atoms with Crippen LogP contribution in [0.5, 0.6) is 5.75 Å². The van der Waals surface area contributed by atoms with Gasteiger partial charge in [0.05, 0.1) is 18.7 Å². The third kappa shape index (κ3) is 7.27. The number of carboxylic acid groups (broad SMARTS) is 1. The molecule has 2 aromatic carbocycles. The number of ether oxygens (including phenoxy) is 1. The summed E-state index contributed by atoms with van der Waals surface area (Å²) in [5, 5.41) is 21.5. The van der Waals surface area contributed by atoms with E-state index in [1.807, 2.05) is 54.6 Å².